The molecule has 1 aromatic carbocycles. The lowest BCUT2D eigenvalue weighted by molar-refractivity contribution is 0.240. The average Bonchev–Trinajstić information content (AvgIpc) is 2.76. The highest BCUT2D eigenvalue weighted by Crippen LogP contribution is 2.28. The quantitative estimate of drug-likeness (QED) is 0.837. The molecule has 3 heteroatoms. The van der Waals surface area contributed by atoms with Crippen molar-refractivity contribution in [1.29, 1.82) is 0 Å². The first-order valence-electron chi connectivity index (χ1n) is 6.31. The van der Waals surface area contributed by atoms with Crippen molar-refractivity contribution in [2.75, 3.05) is 13.7 Å². The van der Waals surface area contributed by atoms with Gasteiger partial charge in [0, 0.05) is 12.6 Å². The molecule has 94 valence electrons. The first kappa shape index (κ1) is 12.9. The van der Waals surface area contributed by atoms with Crippen LogP contribution in [0.1, 0.15) is 31.7 Å². The van der Waals surface area contributed by atoms with Crippen molar-refractivity contribution >= 4 is 15.9 Å². The van der Waals surface area contributed by atoms with E-state index in [1.807, 2.05) is 6.07 Å². The monoisotopic (exact) mass is 297 g/mol. The lowest BCUT2D eigenvalue weighted by atomic mass is 10.1. The van der Waals surface area contributed by atoms with E-state index in [2.05, 4.69) is 39.9 Å². The summed E-state index contributed by atoms with van der Waals surface area (Å²) in [6.45, 7) is 4.58. The minimum atomic E-state index is 0.774. The zero-order chi connectivity index (χ0) is 12.3. The second kappa shape index (κ2) is 5.87. The summed E-state index contributed by atoms with van der Waals surface area (Å²) >= 11 is 3.55. The zero-order valence-electron chi connectivity index (χ0n) is 10.6. The molecule has 0 spiro atoms. The number of hydrogen-bond donors (Lipinski definition) is 0. The summed E-state index contributed by atoms with van der Waals surface area (Å²) in [4.78, 5) is 2.59. The van der Waals surface area contributed by atoms with Crippen LogP contribution in [-0.4, -0.2) is 24.6 Å². The van der Waals surface area contributed by atoms with Crippen molar-refractivity contribution in [1.82, 2.24) is 4.90 Å². The molecule has 1 aliphatic rings. The van der Waals surface area contributed by atoms with Crippen molar-refractivity contribution in [3.63, 3.8) is 0 Å². The van der Waals surface area contributed by atoms with E-state index in [0.29, 0.717) is 0 Å². The Kier molecular flexibility index (Phi) is 4.46. The van der Waals surface area contributed by atoms with Gasteiger partial charge in [-0.15, -0.1) is 0 Å². The second-order valence-corrected chi connectivity index (χ2v) is 5.50. The predicted molar refractivity (Wildman–Crippen MR) is 74.4 cm³/mol. The molecule has 0 saturated carbocycles. The van der Waals surface area contributed by atoms with Crippen LogP contribution in [0.25, 0.3) is 0 Å². The number of methoxy groups -OCH3 is 1. The van der Waals surface area contributed by atoms with Gasteiger partial charge in [-0.1, -0.05) is 13.0 Å². The first-order chi connectivity index (χ1) is 8.24. The molecule has 0 N–H and O–H groups in total. The maximum absolute atomic E-state index is 5.25. The molecule has 0 aliphatic carbocycles. The number of nitrogens with zero attached hydrogens (tertiary/aromatic N) is 1. The smallest absolute Gasteiger partial charge is 0.133 e. The fourth-order valence-electron chi connectivity index (χ4n) is 2.61. The Balaban J connectivity index is 2.05. The van der Waals surface area contributed by atoms with Gasteiger partial charge in [0.15, 0.2) is 0 Å². The summed E-state index contributed by atoms with van der Waals surface area (Å²) < 4.78 is 6.30. The third-order valence-corrected chi connectivity index (χ3v) is 4.19. The molecule has 1 heterocycles. The average molecular weight is 298 g/mol. The maximum Gasteiger partial charge on any atom is 0.133 e. The number of hydrogen-bond acceptors (Lipinski definition) is 2. The molecule has 0 radical (unpaired) electrons. The summed E-state index contributed by atoms with van der Waals surface area (Å²) in [6, 6.07) is 7.14. The van der Waals surface area contributed by atoms with Crippen molar-refractivity contribution in [3.8, 4) is 5.75 Å². The van der Waals surface area contributed by atoms with Crippen LogP contribution >= 0.6 is 15.9 Å². The van der Waals surface area contributed by atoms with Gasteiger partial charge in [0.05, 0.1) is 11.6 Å². The Morgan fingerprint density at radius 2 is 2.29 bits per heavy atom. The van der Waals surface area contributed by atoms with Crippen LogP contribution < -0.4 is 4.74 Å². The molecule has 17 heavy (non-hydrogen) atoms. The molecule has 1 saturated heterocycles. The molecule has 2 nitrogen and oxygen atoms in total. The van der Waals surface area contributed by atoms with Crippen LogP contribution in [0.15, 0.2) is 22.7 Å². The molecule has 0 amide bonds. The van der Waals surface area contributed by atoms with Gasteiger partial charge in [-0.2, -0.15) is 0 Å². The molecule has 0 bridgehead atoms. The van der Waals surface area contributed by atoms with Gasteiger partial charge in [-0.3, -0.25) is 4.90 Å². The standard InChI is InChI=1S/C14H20BrNO/c1-3-12-5-4-8-16(12)10-11-6-7-14(17-2)13(15)9-11/h6-7,9,12H,3-5,8,10H2,1-2H3. The zero-order valence-corrected chi connectivity index (χ0v) is 12.2. The fourth-order valence-corrected chi connectivity index (χ4v) is 3.20. The largest absolute Gasteiger partial charge is 0.496 e. The van der Waals surface area contributed by atoms with E-state index in [1.54, 1.807) is 7.11 Å². The molecular formula is C14H20BrNO. The first-order valence-corrected chi connectivity index (χ1v) is 7.10. The third kappa shape index (κ3) is 3.02. The highest BCUT2D eigenvalue weighted by atomic mass is 79.9. The van der Waals surface area contributed by atoms with Gasteiger partial charge in [0.1, 0.15) is 5.75 Å². The van der Waals surface area contributed by atoms with E-state index < -0.39 is 0 Å². The summed E-state index contributed by atoms with van der Waals surface area (Å²) in [5.41, 5.74) is 1.36. The van der Waals surface area contributed by atoms with Gasteiger partial charge in [-0.25, -0.2) is 0 Å². The highest BCUT2D eigenvalue weighted by molar-refractivity contribution is 9.10. The van der Waals surface area contributed by atoms with Crippen LogP contribution in [0, 0.1) is 0 Å². The second-order valence-electron chi connectivity index (χ2n) is 4.64. The van der Waals surface area contributed by atoms with E-state index in [4.69, 9.17) is 4.74 Å². The van der Waals surface area contributed by atoms with E-state index >= 15 is 0 Å². The van der Waals surface area contributed by atoms with E-state index in [1.165, 1.54) is 31.4 Å². The van der Waals surface area contributed by atoms with Gasteiger partial charge >= 0.3 is 0 Å². The highest BCUT2D eigenvalue weighted by Gasteiger charge is 2.22. The van der Waals surface area contributed by atoms with Crippen molar-refractivity contribution in [3.05, 3.63) is 28.2 Å². The Morgan fingerprint density at radius 1 is 1.47 bits per heavy atom. The minimum Gasteiger partial charge on any atom is -0.496 e. The summed E-state index contributed by atoms with van der Waals surface area (Å²) in [5, 5.41) is 0. The molecule has 1 atom stereocenters. The van der Waals surface area contributed by atoms with Crippen LogP contribution in [0.5, 0.6) is 5.75 Å². The topological polar surface area (TPSA) is 12.5 Å². The lowest BCUT2D eigenvalue weighted by Crippen LogP contribution is -2.28. The molecular weight excluding hydrogens is 278 g/mol. The summed E-state index contributed by atoms with van der Waals surface area (Å²) in [6.07, 6.45) is 3.96. The number of rotatable bonds is 4. The Hall–Kier alpha value is -0.540. The van der Waals surface area contributed by atoms with E-state index in [0.717, 1.165) is 22.8 Å². The molecule has 0 aromatic heterocycles. The lowest BCUT2D eigenvalue weighted by Gasteiger charge is -2.23. The maximum atomic E-state index is 5.25. The molecule has 1 aromatic rings. The number of ether oxygens (including phenoxy) is 1. The number of halogens is 1. The SMILES string of the molecule is CCC1CCCN1Cc1ccc(OC)c(Br)c1. The van der Waals surface area contributed by atoms with Gasteiger partial charge < -0.3 is 4.74 Å². The van der Waals surface area contributed by atoms with Crippen LogP contribution in [0.4, 0.5) is 0 Å². The fraction of sp³-hybridized carbons (Fsp3) is 0.571. The number of likely N-dealkylation sites (tertiary alicyclic amines) is 1. The molecule has 1 unspecified atom stereocenters. The van der Waals surface area contributed by atoms with E-state index in [-0.39, 0.29) is 0 Å². The van der Waals surface area contributed by atoms with Gasteiger partial charge in [0.2, 0.25) is 0 Å². The Bertz CT molecular complexity index is 380. The van der Waals surface area contributed by atoms with Crippen molar-refractivity contribution in [2.24, 2.45) is 0 Å². The predicted octanol–water partition coefficient (Wildman–Crippen LogP) is 3.83. The normalized spacial score (nSPS) is 20.8. The molecule has 1 aliphatic heterocycles. The minimum absolute atomic E-state index is 0.774. The van der Waals surface area contributed by atoms with Crippen LogP contribution in [-0.2, 0) is 6.54 Å². The van der Waals surface area contributed by atoms with E-state index in [9.17, 15) is 0 Å². The van der Waals surface area contributed by atoms with Crippen LogP contribution in [0.2, 0.25) is 0 Å². The van der Waals surface area contributed by atoms with Crippen LogP contribution in [0.3, 0.4) is 0 Å². The Labute approximate surface area is 112 Å². The molecule has 2 rings (SSSR count). The summed E-state index contributed by atoms with van der Waals surface area (Å²) in [5.74, 6) is 0.905. The Morgan fingerprint density at radius 3 is 2.94 bits per heavy atom. The van der Waals surface area contributed by atoms with Crippen molar-refractivity contribution < 1.29 is 4.74 Å². The molecule has 1 fully saturated rings. The summed E-state index contributed by atoms with van der Waals surface area (Å²) in [7, 11) is 1.70. The van der Waals surface area contributed by atoms with Gasteiger partial charge in [-0.05, 0) is 59.4 Å². The third-order valence-electron chi connectivity index (χ3n) is 3.57. The van der Waals surface area contributed by atoms with Gasteiger partial charge in [0.25, 0.3) is 0 Å². The van der Waals surface area contributed by atoms with Crippen molar-refractivity contribution in [2.45, 2.75) is 38.8 Å². The number of benzene rings is 1.